The molecular weight excluding hydrogens is 428 g/mol. The van der Waals surface area contributed by atoms with Crippen LogP contribution in [-0.2, 0) is 10.0 Å². The van der Waals surface area contributed by atoms with Crippen LogP contribution in [0, 0.1) is 6.92 Å². The van der Waals surface area contributed by atoms with Gasteiger partial charge in [0.1, 0.15) is 5.52 Å². The zero-order valence-corrected chi connectivity index (χ0v) is 18.5. The van der Waals surface area contributed by atoms with Crippen LogP contribution in [-0.4, -0.2) is 43.3 Å². The normalized spacial score (nSPS) is 12.3. The zero-order chi connectivity index (χ0) is 20.8. The lowest BCUT2D eigenvalue weighted by Gasteiger charge is -2.10. The highest BCUT2D eigenvalue weighted by atomic mass is 32.2. The van der Waals surface area contributed by atoms with Crippen LogP contribution < -0.4 is 0 Å². The molecule has 0 N–H and O–H groups in total. The average molecular weight is 447 g/mol. The number of fused-ring (bicyclic) bond motifs is 2. The van der Waals surface area contributed by atoms with Crippen LogP contribution in [0.3, 0.4) is 0 Å². The number of carbonyl (C=O) groups is 1. The van der Waals surface area contributed by atoms with E-state index in [4.69, 9.17) is 4.42 Å². The molecule has 2 aromatic heterocycles. The third-order valence-electron chi connectivity index (χ3n) is 4.54. The summed E-state index contributed by atoms with van der Waals surface area (Å²) < 4.78 is 32.5. The Morgan fingerprint density at radius 3 is 2.69 bits per heavy atom. The third-order valence-corrected chi connectivity index (χ3v) is 8.49. The minimum absolute atomic E-state index is 0.0202. The Hall–Kier alpha value is -2.20. The van der Waals surface area contributed by atoms with Gasteiger partial charge in [0.25, 0.3) is 5.22 Å². The molecule has 4 aromatic rings. The topological polar surface area (TPSA) is 80.5 Å². The second-order valence-corrected chi connectivity index (χ2v) is 10.8. The van der Waals surface area contributed by atoms with Crippen molar-refractivity contribution in [2.45, 2.75) is 17.0 Å². The number of thiophene rings is 1. The van der Waals surface area contributed by atoms with Gasteiger partial charge in [0, 0.05) is 18.8 Å². The van der Waals surface area contributed by atoms with E-state index < -0.39 is 10.0 Å². The van der Waals surface area contributed by atoms with E-state index >= 15 is 0 Å². The lowest BCUT2D eigenvalue weighted by Crippen LogP contribution is -2.22. The lowest BCUT2D eigenvalue weighted by molar-refractivity contribution is 0.102. The van der Waals surface area contributed by atoms with Gasteiger partial charge in [-0.05, 0) is 42.1 Å². The summed E-state index contributed by atoms with van der Waals surface area (Å²) in [6, 6.07) is 12.5. The third kappa shape index (κ3) is 3.71. The fourth-order valence-corrected chi connectivity index (χ4v) is 5.82. The summed E-state index contributed by atoms with van der Waals surface area (Å²) in [6.07, 6.45) is 0. The van der Waals surface area contributed by atoms with Crippen LogP contribution in [0.2, 0.25) is 0 Å². The van der Waals surface area contributed by atoms with Crippen LogP contribution in [0.25, 0.3) is 21.2 Å². The molecule has 2 heterocycles. The number of benzene rings is 2. The van der Waals surface area contributed by atoms with Crippen LogP contribution in [0.4, 0.5) is 0 Å². The number of rotatable bonds is 6. The van der Waals surface area contributed by atoms with Gasteiger partial charge in [-0.25, -0.2) is 17.7 Å². The number of oxazole rings is 1. The molecular formula is C20H18N2O4S3. The van der Waals surface area contributed by atoms with Crippen molar-refractivity contribution >= 4 is 60.1 Å². The molecule has 2 aromatic carbocycles. The number of hydrogen-bond donors (Lipinski definition) is 0. The summed E-state index contributed by atoms with van der Waals surface area (Å²) in [6.45, 7) is 1.96. The number of ketones is 1. The van der Waals surface area contributed by atoms with Gasteiger partial charge < -0.3 is 4.42 Å². The predicted octanol–water partition coefficient (Wildman–Crippen LogP) is 4.58. The Morgan fingerprint density at radius 2 is 1.97 bits per heavy atom. The van der Waals surface area contributed by atoms with E-state index in [0.717, 1.165) is 24.8 Å². The van der Waals surface area contributed by atoms with Gasteiger partial charge in [-0.2, -0.15) is 0 Å². The second-order valence-electron chi connectivity index (χ2n) is 6.66. The van der Waals surface area contributed by atoms with Gasteiger partial charge in [-0.3, -0.25) is 4.79 Å². The van der Waals surface area contributed by atoms with Gasteiger partial charge in [0.2, 0.25) is 10.0 Å². The smallest absolute Gasteiger partial charge is 0.257 e. The molecule has 4 rings (SSSR count). The fraction of sp³-hybridized carbons (Fsp3) is 0.200. The largest absolute Gasteiger partial charge is 0.431 e. The summed E-state index contributed by atoms with van der Waals surface area (Å²) in [5.41, 5.74) is 1.92. The average Bonchev–Trinajstić information content (AvgIpc) is 3.26. The van der Waals surface area contributed by atoms with Gasteiger partial charge in [-0.15, -0.1) is 11.3 Å². The Bertz CT molecular complexity index is 1340. The fourth-order valence-electron chi connectivity index (χ4n) is 2.95. The molecule has 0 radical (unpaired) electrons. The number of sulfonamides is 1. The number of Topliss-reactive ketones (excluding diaryl/α,β-unsaturated/α-hetero) is 1. The number of thioether (sulfide) groups is 1. The van der Waals surface area contributed by atoms with Crippen molar-refractivity contribution in [3.8, 4) is 0 Å². The molecule has 0 saturated carbocycles. The molecule has 0 aliphatic heterocycles. The number of aromatic nitrogens is 1. The molecule has 0 bridgehead atoms. The molecule has 9 heteroatoms. The minimum atomic E-state index is -3.55. The van der Waals surface area contributed by atoms with Gasteiger partial charge in [0.05, 0.1) is 15.5 Å². The van der Waals surface area contributed by atoms with E-state index in [0.29, 0.717) is 16.3 Å². The summed E-state index contributed by atoms with van der Waals surface area (Å²) in [4.78, 5) is 18.0. The number of carbonyl (C=O) groups excluding carboxylic acids is 1. The maximum atomic E-state index is 12.7. The predicted molar refractivity (Wildman–Crippen MR) is 116 cm³/mol. The van der Waals surface area contributed by atoms with Crippen molar-refractivity contribution < 1.29 is 17.6 Å². The molecule has 0 unspecified atom stereocenters. The van der Waals surface area contributed by atoms with E-state index in [2.05, 4.69) is 4.98 Å². The SMILES string of the molecule is Cc1c(C(=O)CSc2nc3cc(S(=O)(=O)N(C)C)ccc3o2)sc2ccccc12. The maximum Gasteiger partial charge on any atom is 0.257 e. The maximum absolute atomic E-state index is 12.7. The van der Waals surface area contributed by atoms with Gasteiger partial charge in [0.15, 0.2) is 11.4 Å². The molecule has 150 valence electrons. The highest BCUT2D eigenvalue weighted by Crippen LogP contribution is 2.32. The zero-order valence-electron chi connectivity index (χ0n) is 16.0. The highest BCUT2D eigenvalue weighted by Gasteiger charge is 2.20. The highest BCUT2D eigenvalue weighted by molar-refractivity contribution is 7.99. The van der Waals surface area contributed by atoms with Crippen molar-refractivity contribution in [2.24, 2.45) is 0 Å². The quantitative estimate of drug-likeness (QED) is 0.319. The number of aryl methyl sites for hydroxylation is 1. The summed E-state index contributed by atoms with van der Waals surface area (Å²) in [5, 5.41) is 1.44. The molecule has 0 aliphatic rings. The molecule has 6 nitrogen and oxygen atoms in total. The van der Waals surface area contributed by atoms with E-state index in [1.54, 1.807) is 6.07 Å². The van der Waals surface area contributed by atoms with Gasteiger partial charge >= 0.3 is 0 Å². The minimum Gasteiger partial charge on any atom is -0.431 e. The first-order chi connectivity index (χ1) is 13.8. The lowest BCUT2D eigenvalue weighted by atomic mass is 10.1. The molecule has 0 spiro atoms. The van der Waals surface area contributed by atoms with Crippen LogP contribution in [0.5, 0.6) is 0 Å². The first kappa shape index (κ1) is 20.1. The van der Waals surface area contributed by atoms with Crippen LogP contribution in [0.1, 0.15) is 15.2 Å². The monoisotopic (exact) mass is 446 g/mol. The van der Waals surface area contributed by atoms with Crippen molar-refractivity contribution in [1.29, 1.82) is 0 Å². The number of nitrogens with zero attached hydrogens (tertiary/aromatic N) is 2. The first-order valence-electron chi connectivity index (χ1n) is 8.74. The molecule has 0 atom stereocenters. The van der Waals surface area contributed by atoms with E-state index in [9.17, 15) is 13.2 Å². The van der Waals surface area contributed by atoms with Gasteiger partial charge in [-0.1, -0.05) is 30.0 Å². The Kier molecular flexibility index (Phi) is 5.24. The van der Waals surface area contributed by atoms with Crippen LogP contribution in [0.15, 0.2) is 57.0 Å². The van der Waals surface area contributed by atoms with Crippen molar-refractivity contribution in [3.05, 3.63) is 52.9 Å². The molecule has 0 amide bonds. The summed E-state index contributed by atoms with van der Waals surface area (Å²) in [7, 11) is -0.592. The summed E-state index contributed by atoms with van der Waals surface area (Å²) in [5.74, 6) is 0.218. The molecule has 0 saturated heterocycles. The van der Waals surface area contributed by atoms with E-state index in [1.165, 1.54) is 49.3 Å². The first-order valence-corrected chi connectivity index (χ1v) is 12.0. The Labute approximate surface area is 176 Å². The number of hydrogen-bond acceptors (Lipinski definition) is 7. The Balaban J connectivity index is 1.55. The van der Waals surface area contributed by atoms with Crippen molar-refractivity contribution in [2.75, 3.05) is 19.8 Å². The van der Waals surface area contributed by atoms with Crippen molar-refractivity contribution in [1.82, 2.24) is 9.29 Å². The molecule has 0 aliphatic carbocycles. The van der Waals surface area contributed by atoms with Crippen molar-refractivity contribution in [3.63, 3.8) is 0 Å². The van der Waals surface area contributed by atoms with E-state index in [1.807, 2.05) is 31.2 Å². The standard InChI is InChI=1S/C20H18N2O4S3/c1-12-14-6-4-5-7-18(14)28-19(12)16(23)11-27-20-21-15-10-13(8-9-17(15)26-20)29(24,25)22(2)3/h4-10H,11H2,1-3H3. The summed E-state index contributed by atoms with van der Waals surface area (Å²) >= 11 is 2.70. The molecule has 29 heavy (non-hydrogen) atoms. The van der Waals surface area contributed by atoms with Crippen LogP contribution >= 0.6 is 23.1 Å². The second kappa shape index (κ2) is 7.56. The molecule has 0 fully saturated rings. The van der Waals surface area contributed by atoms with E-state index in [-0.39, 0.29) is 16.4 Å². The Morgan fingerprint density at radius 1 is 1.21 bits per heavy atom.